The Morgan fingerprint density at radius 1 is 1.00 bits per heavy atom. The molecule has 114 valence electrons. The van der Waals surface area contributed by atoms with E-state index in [-0.39, 0.29) is 5.91 Å². The number of nitrogens with zero attached hydrogens (tertiary/aromatic N) is 2. The van der Waals surface area contributed by atoms with Gasteiger partial charge in [0.05, 0.1) is 6.20 Å². The van der Waals surface area contributed by atoms with E-state index in [9.17, 15) is 4.79 Å². The van der Waals surface area contributed by atoms with Gasteiger partial charge in [-0.1, -0.05) is 6.07 Å². The molecule has 23 heavy (non-hydrogen) atoms. The highest BCUT2D eigenvalue weighted by atomic mass is 16.5. The Balaban J connectivity index is 1.69. The summed E-state index contributed by atoms with van der Waals surface area (Å²) in [6.07, 6.45) is 4.96. The maximum absolute atomic E-state index is 12.2. The monoisotopic (exact) mass is 305 g/mol. The topological polar surface area (TPSA) is 64.1 Å². The maximum atomic E-state index is 12.2. The number of hydrogen-bond donors (Lipinski definition) is 1. The molecular formula is C18H15N3O2. The second-order valence-corrected chi connectivity index (χ2v) is 4.94. The summed E-state index contributed by atoms with van der Waals surface area (Å²) in [5.74, 6) is 1.64. The fourth-order valence-corrected chi connectivity index (χ4v) is 2.01. The van der Waals surface area contributed by atoms with Crippen LogP contribution in [0.2, 0.25) is 0 Å². The molecule has 0 aliphatic heterocycles. The highest BCUT2D eigenvalue weighted by Crippen LogP contribution is 2.21. The quantitative estimate of drug-likeness (QED) is 0.795. The summed E-state index contributed by atoms with van der Waals surface area (Å²) in [5, 5.41) is 2.79. The van der Waals surface area contributed by atoms with Crippen molar-refractivity contribution in [3.05, 3.63) is 78.2 Å². The van der Waals surface area contributed by atoms with E-state index in [1.807, 2.05) is 25.1 Å². The molecule has 0 radical (unpaired) electrons. The van der Waals surface area contributed by atoms with E-state index in [1.54, 1.807) is 48.9 Å². The Morgan fingerprint density at radius 2 is 1.78 bits per heavy atom. The molecule has 2 aromatic heterocycles. The van der Waals surface area contributed by atoms with Crippen LogP contribution < -0.4 is 10.1 Å². The lowest BCUT2D eigenvalue weighted by molar-refractivity contribution is 0.102. The molecule has 0 aliphatic rings. The number of rotatable bonds is 4. The van der Waals surface area contributed by atoms with E-state index in [2.05, 4.69) is 15.3 Å². The number of benzene rings is 1. The standard InChI is InChI=1S/C18H15N3O2/c1-13-4-2-11-20-17(13)21-18(22)14-6-8-15(9-7-14)23-16-5-3-10-19-12-16/h2-12H,1H3,(H,20,21,22). The zero-order valence-electron chi connectivity index (χ0n) is 12.6. The molecule has 0 saturated heterocycles. The summed E-state index contributed by atoms with van der Waals surface area (Å²) in [5.41, 5.74) is 1.45. The van der Waals surface area contributed by atoms with Gasteiger partial charge in [-0.25, -0.2) is 4.98 Å². The number of anilines is 1. The van der Waals surface area contributed by atoms with E-state index in [4.69, 9.17) is 4.74 Å². The summed E-state index contributed by atoms with van der Waals surface area (Å²) < 4.78 is 5.64. The van der Waals surface area contributed by atoms with Crippen molar-refractivity contribution in [1.29, 1.82) is 0 Å². The Labute approximate surface area is 134 Å². The van der Waals surface area contributed by atoms with Gasteiger partial charge in [-0.3, -0.25) is 9.78 Å². The van der Waals surface area contributed by atoms with Gasteiger partial charge in [-0.05, 0) is 55.0 Å². The molecule has 0 spiro atoms. The molecule has 2 heterocycles. The second-order valence-electron chi connectivity index (χ2n) is 4.94. The van der Waals surface area contributed by atoms with Crippen molar-refractivity contribution >= 4 is 11.7 Å². The highest BCUT2D eigenvalue weighted by molar-refractivity contribution is 6.04. The van der Waals surface area contributed by atoms with Crippen molar-refractivity contribution < 1.29 is 9.53 Å². The lowest BCUT2D eigenvalue weighted by Gasteiger charge is -2.08. The number of nitrogens with one attached hydrogen (secondary N) is 1. The third kappa shape index (κ3) is 3.71. The third-order valence-corrected chi connectivity index (χ3v) is 3.23. The SMILES string of the molecule is Cc1cccnc1NC(=O)c1ccc(Oc2cccnc2)cc1. The molecular weight excluding hydrogens is 290 g/mol. The molecule has 3 rings (SSSR count). The first kappa shape index (κ1) is 14.7. The molecule has 3 aromatic rings. The minimum atomic E-state index is -0.209. The summed E-state index contributed by atoms with van der Waals surface area (Å²) in [4.78, 5) is 20.4. The fraction of sp³-hybridized carbons (Fsp3) is 0.0556. The van der Waals surface area contributed by atoms with Gasteiger partial charge < -0.3 is 10.1 Å². The van der Waals surface area contributed by atoms with Crippen LogP contribution in [0, 0.1) is 6.92 Å². The largest absolute Gasteiger partial charge is 0.456 e. The van der Waals surface area contributed by atoms with Crippen LogP contribution in [0.3, 0.4) is 0 Å². The highest BCUT2D eigenvalue weighted by Gasteiger charge is 2.08. The molecule has 5 heteroatoms. The van der Waals surface area contributed by atoms with E-state index in [1.165, 1.54) is 0 Å². The average molecular weight is 305 g/mol. The Morgan fingerprint density at radius 3 is 2.48 bits per heavy atom. The van der Waals surface area contributed by atoms with Crippen molar-refractivity contribution in [2.75, 3.05) is 5.32 Å². The van der Waals surface area contributed by atoms with Gasteiger partial charge in [0.2, 0.25) is 0 Å². The first-order chi connectivity index (χ1) is 11.2. The number of ether oxygens (including phenoxy) is 1. The Kier molecular flexibility index (Phi) is 4.29. The predicted octanol–water partition coefficient (Wildman–Crippen LogP) is 3.83. The van der Waals surface area contributed by atoms with E-state index < -0.39 is 0 Å². The van der Waals surface area contributed by atoms with Crippen molar-refractivity contribution in [3.8, 4) is 11.5 Å². The number of carbonyl (C=O) groups is 1. The molecule has 1 amide bonds. The summed E-state index contributed by atoms with van der Waals surface area (Å²) in [6.45, 7) is 1.90. The minimum Gasteiger partial charge on any atom is -0.456 e. The van der Waals surface area contributed by atoms with Gasteiger partial charge in [0.15, 0.2) is 0 Å². The summed E-state index contributed by atoms with van der Waals surface area (Å²) in [7, 11) is 0. The van der Waals surface area contributed by atoms with Gasteiger partial charge in [0, 0.05) is 18.0 Å². The van der Waals surface area contributed by atoms with Crippen molar-refractivity contribution in [1.82, 2.24) is 9.97 Å². The van der Waals surface area contributed by atoms with Crippen LogP contribution in [-0.2, 0) is 0 Å². The van der Waals surface area contributed by atoms with E-state index in [0.29, 0.717) is 22.9 Å². The van der Waals surface area contributed by atoms with E-state index >= 15 is 0 Å². The first-order valence-electron chi connectivity index (χ1n) is 7.13. The fourth-order valence-electron chi connectivity index (χ4n) is 2.01. The van der Waals surface area contributed by atoms with Gasteiger partial charge in [0.1, 0.15) is 17.3 Å². The molecule has 5 nitrogen and oxygen atoms in total. The van der Waals surface area contributed by atoms with Crippen LogP contribution in [0.4, 0.5) is 5.82 Å². The number of aryl methyl sites for hydroxylation is 1. The van der Waals surface area contributed by atoms with Gasteiger partial charge in [0.25, 0.3) is 5.91 Å². The van der Waals surface area contributed by atoms with Crippen molar-refractivity contribution in [2.45, 2.75) is 6.92 Å². The van der Waals surface area contributed by atoms with Crippen molar-refractivity contribution in [3.63, 3.8) is 0 Å². The second kappa shape index (κ2) is 6.70. The van der Waals surface area contributed by atoms with Crippen LogP contribution in [0.5, 0.6) is 11.5 Å². The maximum Gasteiger partial charge on any atom is 0.256 e. The normalized spacial score (nSPS) is 10.1. The molecule has 1 N–H and O–H groups in total. The molecule has 1 aromatic carbocycles. The molecule has 0 aliphatic carbocycles. The van der Waals surface area contributed by atoms with Crippen LogP contribution in [0.1, 0.15) is 15.9 Å². The lowest BCUT2D eigenvalue weighted by atomic mass is 10.2. The summed E-state index contributed by atoms with van der Waals surface area (Å²) >= 11 is 0. The van der Waals surface area contributed by atoms with Gasteiger partial charge in [-0.15, -0.1) is 0 Å². The molecule has 0 unspecified atom stereocenters. The number of hydrogen-bond acceptors (Lipinski definition) is 4. The van der Waals surface area contributed by atoms with Crippen LogP contribution in [-0.4, -0.2) is 15.9 Å². The number of amides is 1. The van der Waals surface area contributed by atoms with Crippen molar-refractivity contribution in [2.24, 2.45) is 0 Å². The molecule has 0 fully saturated rings. The smallest absolute Gasteiger partial charge is 0.256 e. The minimum absolute atomic E-state index is 0.209. The molecule has 0 saturated carbocycles. The summed E-state index contributed by atoms with van der Waals surface area (Å²) in [6, 6.07) is 14.2. The Bertz CT molecular complexity index is 802. The van der Waals surface area contributed by atoms with Crippen LogP contribution in [0.25, 0.3) is 0 Å². The third-order valence-electron chi connectivity index (χ3n) is 3.23. The molecule has 0 atom stereocenters. The van der Waals surface area contributed by atoms with Crippen LogP contribution in [0.15, 0.2) is 67.1 Å². The van der Waals surface area contributed by atoms with Gasteiger partial charge >= 0.3 is 0 Å². The van der Waals surface area contributed by atoms with Gasteiger partial charge in [-0.2, -0.15) is 0 Å². The molecule has 0 bridgehead atoms. The van der Waals surface area contributed by atoms with E-state index in [0.717, 1.165) is 5.56 Å². The van der Waals surface area contributed by atoms with Crippen LogP contribution >= 0.6 is 0 Å². The first-order valence-corrected chi connectivity index (χ1v) is 7.13. The zero-order valence-corrected chi connectivity index (χ0v) is 12.6. The average Bonchev–Trinajstić information content (AvgIpc) is 2.58. The number of pyridine rings is 2. The predicted molar refractivity (Wildman–Crippen MR) is 87.7 cm³/mol. The number of carbonyl (C=O) groups excluding carboxylic acids is 1. The Hall–Kier alpha value is -3.21. The zero-order chi connectivity index (χ0) is 16.1. The number of aromatic nitrogens is 2. The lowest BCUT2D eigenvalue weighted by Crippen LogP contribution is -2.13.